The van der Waals surface area contributed by atoms with Gasteiger partial charge in [0.1, 0.15) is 6.04 Å². The van der Waals surface area contributed by atoms with E-state index in [0.29, 0.717) is 12.8 Å². The molecule has 0 aliphatic carbocycles. The summed E-state index contributed by atoms with van der Waals surface area (Å²) >= 11 is 1.62. The smallest absolute Gasteiger partial charge is 0.330 e. The average molecular weight is 303 g/mol. The maximum absolute atomic E-state index is 11.5. The fraction of sp³-hybridized carbons (Fsp3) is 0.867. The highest BCUT2D eigenvalue weighted by atomic mass is 32.2. The third-order valence-electron chi connectivity index (χ3n) is 3.13. The second kappa shape index (κ2) is 13.4. The maximum atomic E-state index is 11.5. The standard InChI is InChI=1S/C15H29NO3S/c1-3-4-5-6-7-8-9-10-14(17)19-15(18)13(16)11-12-20-2/h13H,3-12,16H2,1-2H3. The van der Waals surface area contributed by atoms with E-state index in [4.69, 9.17) is 10.5 Å². The van der Waals surface area contributed by atoms with Crippen molar-refractivity contribution in [2.24, 2.45) is 5.73 Å². The Morgan fingerprint density at radius 2 is 1.70 bits per heavy atom. The first-order valence-electron chi connectivity index (χ1n) is 7.60. The lowest BCUT2D eigenvalue weighted by molar-refractivity contribution is -0.160. The molecule has 0 saturated carbocycles. The molecule has 0 aromatic heterocycles. The third-order valence-corrected chi connectivity index (χ3v) is 3.78. The molecule has 4 nitrogen and oxygen atoms in total. The van der Waals surface area contributed by atoms with Crippen LogP contribution in [0.2, 0.25) is 0 Å². The Hall–Kier alpha value is -0.550. The van der Waals surface area contributed by atoms with Crippen LogP contribution in [0, 0.1) is 0 Å². The van der Waals surface area contributed by atoms with E-state index in [1.807, 2.05) is 6.26 Å². The van der Waals surface area contributed by atoms with Crippen LogP contribution in [0.4, 0.5) is 0 Å². The molecule has 0 aromatic carbocycles. The number of nitrogens with two attached hydrogens (primary N) is 1. The first kappa shape index (κ1) is 19.4. The Balaban J connectivity index is 3.55. The summed E-state index contributed by atoms with van der Waals surface area (Å²) in [4.78, 5) is 23.0. The highest BCUT2D eigenvalue weighted by Gasteiger charge is 2.17. The molecule has 5 heteroatoms. The summed E-state index contributed by atoms with van der Waals surface area (Å²) in [6.45, 7) is 2.19. The lowest BCUT2D eigenvalue weighted by Crippen LogP contribution is -2.34. The van der Waals surface area contributed by atoms with Crippen LogP contribution in [0.25, 0.3) is 0 Å². The first-order valence-corrected chi connectivity index (χ1v) is 9.00. The van der Waals surface area contributed by atoms with Gasteiger partial charge >= 0.3 is 11.9 Å². The zero-order chi connectivity index (χ0) is 15.2. The van der Waals surface area contributed by atoms with Gasteiger partial charge in [0.25, 0.3) is 0 Å². The van der Waals surface area contributed by atoms with Crippen molar-refractivity contribution in [3.8, 4) is 0 Å². The number of unbranched alkanes of at least 4 members (excludes halogenated alkanes) is 6. The van der Waals surface area contributed by atoms with Gasteiger partial charge < -0.3 is 10.5 Å². The van der Waals surface area contributed by atoms with E-state index >= 15 is 0 Å². The molecule has 0 aliphatic heterocycles. The molecule has 20 heavy (non-hydrogen) atoms. The van der Waals surface area contributed by atoms with E-state index < -0.39 is 18.0 Å². The molecular weight excluding hydrogens is 274 g/mol. The summed E-state index contributed by atoms with van der Waals surface area (Å²) in [5, 5.41) is 0. The topological polar surface area (TPSA) is 69.4 Å². The van der Waals surface area contributed by atoms with Gasteiger partial charge in [-0.15, -0.1) is 0 Å². The van der Waals surface area contributed by atoms with Gasteiger partial charge in [-0.2, -0.15) is 11.8 Å². The molecule has 0 fully saturated rings. The summed E-state index contributed by atoms with van der Waals surface area (Å²) in [6, 6.07) is -0.680. The Kier molecular flexibility index (Phi) is 13.1. The van der Waals surface area contributed by atoms with Crippen LogP contribution in [0.3, 0.4) is 0 Å². The number of ether oxygens (including phenoxy) is 1. The predicted molar refractivity (Wildman–Crippen MR) is 84.7 cm³/mol. The minimum absolute atomic E-state index is 0.314. The third kappa shape index (κ3) is 11.3. The zero-order valence-corrected chi connectivity index (χ0v) is 13.7. The van der Waals surface area contributed by atoms with Crippen molar-refractivity contribution in [2.75, 3.05) is 12.0 Å². The minimum atomic E-state index is -0.680. The zero-order valence-electron chi connectivity index (χ0n) is 12.9. The molecule has 0 saturated heterocycles. The second-order valence-corrected chi connectivity index (χ2v) is 6.04. The molecular formula is C15H29NO3S. The molecule has 0 radical (unpaired) electrons. The van der Waals surface area contributed by atoms with E-state index in [0.717, 1.165) is 25.0 Å². The molecule has 1 atom stereocenters. The summed E-state index contributed by atoms with van der Waals surface area (Å²) < 4.78 is 4.74. The normalized spacial score (nSPS) is 12.2. The fourth-order valence-corrected chi connectivity index (χ4v) is 2.32. The van der Waals surface area contributed by atoms with Crippen molar-refractivity contribution in [3.05, 3.63) is 0 Å². The summed E-state index contributed by atoms with van der Waals surface area (Å²) in [5.41, 5.74) is 5.63. The number of thioether (sulfide) groups is 1. The lowest BCUT2D eigenvalue weighted by atomic mass is 10.1. The quantitative estimate of drug-likeness (QED) is 0.340. The molecule has 0 aromatic rings. The van der Waals surface area contributed by atoms with Gasteiger partial charge in [0.15, 0.2) is 0 Å². The Bertz CT molecular complexity index is 272. The lowest BCUT2D eigenvalue weighted by Gasteiger charge is -2.09. The van der Waals surface area contributed by atoms with Crippen LogP contribution in [-0.4, -0.2) is 30.0 Å². The van der Waals surface area contributed by atoms with Gasteiger partial charge in [0.05, 0.1) is 0 Å². The number of carbonyl (C=O) groups is 2. The van der Waals surface area contributed by atoms with Crippen LogP contribution in [0.15, 0.2) is 0 Å². The van der Waals surface area contributed by atoms with Gasteiger partial charge in [-0.05, 0) is 24.9 Å². The number of esters is 2. The number of hydrogen-bond acceptors (Lipinski definition) is 5. The SMILES string of the molecule is CCCCCCCCCC(=O)OC(=O)C(N)CCSC. The van der Waals surface area contributed by atoms with E-state index in [9.17, 15) is 9.59 Å². The van der Waals surface area contributed by atoms with Crippen molar-refractivity contribution >= 4 is 23.7 Å². The van der Waals surface area contributed by atoms with Gasteiger partial charge in [-0.25, -0.2) is 4.79 Å². The summed E-state index contributed by atoms with van der Waals surface area (Å²) in [6.07, 6.45) is 10.8. The van der Waals surface area contributed by atoms with Crippen LogP contribution >= 0.6 is 11.8 Å². The van der Waals surface area contributed by atoms with Gasteiger partial charge in [0, 0.05) is 6.42 Å². The van der Waals surface area contributed by atoms with Crippen molar-refractivity contribution in [3.63, 3.8) is 0 Å². The van der Waals surface area contributed by atoms with E-state index in [1.54, 1.807) is 11.8 Å². The van der Waals surface area contributed by atoms with E-state index in [1.165, 1.54) is 25.7 Å². The molecule has 0 bridgehead atoms. The largest absolute Gasteiger partial charge is 0.392 e. The summed E-state index contributed by atoms with van der Waals surface area (Å²) in [7, 11) is 0. The van der Waals surface area contributed by atoms with Gasteiger partial charge in [0.2, 0.25) is 0 Å². The van der Waals surface area contributed by atoms with E-state index in [-0.39, 0.29) is 0 Å². The number of carbonyl (C=O) groups excluding carboxylic acids is 2. The predicted octanol–water partition coefficient (Wildman–Crippen LogP) is 3.28. The van der Waals surface area contributed by atoms with Crippen LogP contribution in [0.5, 0.6) is 0 Å². The van der Waals surface area contributed by atoms with Crippen molar-refractivity contribution in [1.82, 2.24) is 0 Å². The molecule has 0 rings (SSSR count). The molecule has 0 amide bonds. The average Bonchev–Trinajstić information content (AvgIpc) is 2.43. The van der Waals surface area contributed by atoms with Crippen LogP contribution in [0.1, 0.15) is 64.7 Å². The van der Waals surface area contributed by atoms with E-state index in [2.05, 4.69) is 6.92 Å². The minimum Gasteiger partial charge on any atom is -0.392 e. The molecule has 2 N–H and O–H groups in total. The summed E-state index contributed by atoms with van der Waals surface area (Å²) in [5.74, 6) is -0.238. The van der Waals surface area contributed by atoms with Gasteiger partial charge in [-0.1, -0.05) is 45.4 Å². The highest BCUT2D eigenvalue weighted by Crippen LogP contribution is 2.09. The van der Waals surface area contributed by atoms with Gasteiger partial charge in [-0.3, -0.25) is 4.79 Å². The molecule has 118 valence electrons. The first-order chi connectivity index (χ1) is 9.61. The molecule has 0 heterocycles. The van der Waals surface area contributed by atoms with Crippen molar-refractivity contribution in [1.29, 1.82) is 0 Å². The second-order valence-electron chi connectivity index (χ2n) is 5.05. The number of rotatable bonds is 12. The maximum Gasteiger partial charge on any atom is 0.330 e. The molecule has 1 unspecified atom stereocenters. The van der Waals surface area contributed by atoms with Crippen molar-refractivity contribution < 1.29 is 14.3 Å². The monoisotopic (exact) mass is 303 g/mol. The fourth-order valence-electron chi connectivity index (χ4n) is 1.83. The van der Waals surface area contributed by atoms with Crippen molar-refractivity contribution in [2.45, 2.75) is 70.8 Å². The highest BCUT2D eigenvalue weighted by molar-refractivity contribution is 7.98. The van der Waals surface area contributed by atoms with Crippen LogP contribution < -0.4 is 5.73 Å². The Morgan fingerprint density at radius 1 is 1.10 bits per heavy atom. The Morgan fingerprint density at radius 3 is 2.30 bits per heavy atom. The molecule has 0 aliphatic rings. The molecule has 0 spiro atoms. The Labute approximate surface area is 127 Å². The number of hydrogen-bond donors (Lipinski definition) is 1. The van der Waals surface area contributed by atoms with Crippen LogP contribution in [-0.2, 0) is 14.3 Å².